The Labute approximate surface area is 165 Å². The number of methoxy groups -OCH3 is 2. The van der Waals surface area contributed by atoms with Gasteiger partial charge in [0.15, 0.2) is 11.5 Å². The summed E-state index contributed by atoms with van der Waals surface area (Å²) in [5, 5.41) is 0. The number of aryl methyl sites for hydroxylation is 1. The summed E-state index contributed by atoms with van der Waals surface area (Å²) in [6.07, 6.45) is 9.52. The second kappa shape index (κ2) is 8.02. The van der Waals surface area contributed by atoms with Crippen LogP contribution < -0.4 is 9.47 Å². The van der Waals surface area contributed by atoms with Crippen LogP contribution in [0.1, 0.15) is 28.6 Å². The van der Waals surface area contributed by atoms with E-state index in [9.17, 15) is 0 Å². The van der Waals surface area contributed by atoms with Gasteiger partial charge in [0.25, 0.3) is 0 Å². The van der Waals surface area contributed by atoms with E-state index in [1.807, 2.05) is 37.9 Å². The summed E-state index contributed by atoms with van der Waals surface area (Å²) in [5.74, 6) is 2.65. The number of pyridine rings is 1. The van der Waals surface area contributed by atoms with Crippen LogP contribution in [0, 0.1) is 0 Å². The van der Waals surface area contributed by atoms with E-state index < -0.39 is 0 Å². The molecule has 0 spiro atoms. The number of benzene rings is 1. The van der Waals surface area contributed by atoms with Crippen molar-refractivity contribution in [3.63, 3.8) is 0 Å². The highest BCUT2D eigenvalue weighted by Crippen LogP contribution is 2.40. The lowest BCUT2D eigenvalue weighted by atomic mass is 9.88. The van der Waals surface area contributed by atoms with Gasteiger partial charge in [-0.25, -0.2) is 4.98 Å². The van der Waals surface area contributed by atoms with Gasteiger partial charge in [-0.1, -0.05) is 6.07 Å². The predicted octanol–water partition coefficient (Wildman–Crippen LogP) is 3.02. The van der Waals surface area contributed by atoms with E-state index in [0.29, 0.717) is 0 Å². The average Bonchev–Trinajstić information content (AvgIpc) is 3.16. The molecule has 1 atom stereocenters. The van der Waals surface area contributed by atoms with Crippen molar-refractivity contribution in [1.29, 1.82) is 0 Å². The molecular formula is C22H26N4O2. The van der Waals surface area contributed by atoms with Crippen molar-refractivity contribution in [2.24, 2.45) is 7.05 Å². The van der Waals surface area contributed by atoms with Crippen molar-refractivity contribution < 1.29 is 9.47 Å². The van der Waals surface area contributed by atoms with Gasteiger partial charge < -0.3 is 14.0 Å². The number of aromatic nitrogens is 3. The zero-order valence-electron chi connectivity index (χ0n) is 16.6. The molecule has 1 aliphatic rings. The van der Waals surface area contributed by atoms with E-state index in [2.05, 4.69) is 37.6 Å². The maximum atomic E-state index is 5.58. The minimum Gasteiger partial charge on any atom is -0.493 e. The molecule has 0 aliphatic carbocycles. The summed E-state index contributed by atoms with van der Waals surface area (Å²) in [7, 11) is 5.42. The van der Waals surface area contributed by atoms with E-state index in [4.69, 9.17) is 9.47 Å². The first kappa shape index (κ1) is 18.5. The normalized spacial score (nSPS) is 16.6. The third-order valence-corrected chi connectivity index (χ3v) is 5.52. The molecule has 4 rings (SSSR count). The van der Waals surface area contributed by atoms with Gasteiger partial charge >= 0.3 is 0 Å². The molecular weight excluding hydrogens is 352 g/mol. The second-order valence-electron chi connectivity index (χ2n) is 7.09. The number of rotatable bonds is 6. The topological polar surface area (TPSA) is 52.4 Å². The fourth-order valence-electron chi connectivity index (χ4n) is 4.05. The molecule has 0 amide bonds. The van der Waals surface area contributed by atoms with Crippen molar-refractivity contribution in [1.82, 2.24) is 19.4 Å². The molecule has 6 heteroatoms. The van der Waals surface area contributed by atoms with E-state index in [0.717, 1.165) is 43.3 Å². The van der Waals surface area contributed by atoms with E-state index >= 15 is 0 Å². The summed E-state index contributed by atoms with van der Waals surface area (Å²) >= 11 is 0. The van der Waals surface area contributed by atoms with Gasteiger partial charge in [-0.3, -0.25) is 9.88 Å². The largest absolute Gasteiger partial charge is 0.493 e. The van der Waals surface area contributed by atoms with Gasteiger partial charge in [0.2, 0.25) is 0 Å². The molecule has 0 radical (unpaired) electrons. The molecule has 3 heterocycles. The fourth-order valence-corrected chi connectivity index (χ4v) is 4.05. The third-order valence-electron chi connectivity index (χ3n) is 5.52. The smallest absolute Gasteiger partial charge is 0.161 e. The lowest BCUT2D eigenvalue weighted by Gasteiger charge is -2.38. The third kappa shape index (κ3) is 3.47. The molecule has 1 aromatic carbocycles. The summed E-state index contributed by atoms with van der Waals surface area (Å²) in [6, 6.07) is 8.53. The van der Waals surface area contributed by atoms with Crippen LogP contribution in [-0.2, 0) is 19.9 Å². The quantitative estimate of drug-likeness (QED) is 0.660. The SMILES string of the molecule is COc1cc2c(cc1OC)C(c1cccnc1)N(CCc1nccn1C)CC2. The molecule has 0 bridgehead atoms. The fraction of sp³-hybridized carbons (Fsp3) is 0.364. The second-order valence-corrected chi connectivity index (χ2v) is 7.09. The van der Waals surface area contributed by atoms with Crippen molar-refractivity contribution >= 4 is 0 Å². The van der Waals surface area contributed by atoms with Crippen LogP contribution in [0.4, 0.5) is 0 Å². The highest BCUT2D eigenvalue weighted by molar-refractivity contribution is 5.51. The Morgan fingerprint density at radius 1 is 1.14 bits per heavy atom. The monoisotopic (exact) mass is 378 g/mol. The lowest BCUT2D eigenvalue weighted by molar-refractivity contribution is 0.213. The average molecular weight is 378 g/mol. The molecule has 1 unspecified atom stereocenters. The van der Waals surface area contributed by atoms with Crippen LogP contribution >= 0.6 is 0 Å². The Kier molecular flexibility index (Phi) is 5.30. The predicted molar refractivity (Wildman–Crippen MR) is 108 cm³/mol. The van der Waals surface area contributed by atoms with Gasteiger partial charge in [0.1, 0.15) is 5.82 Å². The summed E-state index contributed by atoms with van der Waals surface area (Å²) in [4.78, 5) is 11.4. The zero-order chi connectivity index (χ0) is 19.5. The van der Waals surface area contributed by atoms with Crippen LogP contribution in [0.25, 0.3) is 0 Å². The molecule has 0 saturated carbocycles. The minimum atomic E-state index is 0.137. The maximum absolute atomic E-state index is 5.58. The van der Waals surface area contributed by atoms with Crippen LogP contribution in [0.3, 0.4) is 0 Å². The molecule has 0 fully saturated rings. The molecule has 0 N–H and O–H groups in total. The molecule has 2 aromatic heterocycles. The number of hydrogen-bond acceptors (Lipinski definition) is 5. The highest BCUT2D eigenvalue weighted by atomic mass is 16.5. The highest BCUT2D eigenvalue weighted by Gasteiger charge is 2.30. The van der Waals surface area contributed by atoms with E-state index in [1.165, 1.54) is 16.7 Å². The van der Waals surface area contributed by atoms with Gasteiger partial charge in [-0.2, -0.15) is 0 Å². The zero-order valence-corrected chi connectivity index (χ0v) is 16.6. The van der Waals surface area contributed by atoms with Gasteiger partial charge in [-0.15, -0.1) is 0 Å². The van der Waals surface area contributed by atoms with Gasteiger partial charge in [0, 0.05) is 51.3 Å². The number of fused-ring (bicyclic) bond motifs is 1. The van der Waals surface area contributed by atoms with Crippen LogP contribution in [0.15, 0.2) is 49.1 Å². The van der Waals surface area contributed by atoms with E-state index in [1.54, 1.807) is 14.2 Å². The summed E-state index contributed by atoms with van der Waals surface area (Å²) < 4.78 is 13.2. The Morgan fingerprint density at radius 3 is 2.64 bits per heavy atom. The number of hydrogen-bond donors (Lipinski definition) is 0. The Bertz CT molecular complexity index is 939. The summed E-state index contributed by atoms with van der Waals surface area (Å²) in [6.45, 7) is 1.91. The molecule has 6 nitrogen and oxygen atoms in total. The Balaban J connectivity index is 1.71. The number of ether oxygens (including phenoxy) is 2. The first-order valence-electron chi connectivity index (χ1n) is 9.56. The number of imidazole rings is 1. The molecule has 28 heavy (non-hydrogen) atoms. The maximum Gasteiger partial charge on any atom is 0.161 e. The first-order chi connectivity index (χ1) is 13.7. The van der Waals surface area contributed by atoms with Gasteiger partial charge in [-0.05, 0) is 41.3 Å². The molecule has 0 saturated heterocycles. The Morgan fingerprint density at radius 2 is 1.96 bits per heavy atom. The molecule has 3 aromatic rings. The van der Waals surface area contributed by atoms with Crippen molar-refractivity contribution in [2.45, 2.75) is 18.9 Å². The minimum absolute atomic E-state index is 0.137. The van der Waals surface area contributed by atoms with Crippen molar-refractivity contribution in [3.8, 4) is 11.5 Å². The van der Waals surface area contributed by atoms with Crippen molar-refractivity contribution in [2.75, 3.05) is 27.3 Å². The molecule has 146 valence electrons. The van der Waals surface area contributed by atoms with Crippen LogP contribution in [-0.4, -0.2) is 46.7 Å². The standard InChI is InChI=1S/C22H26N4O2/c1-25-12-9-24-21(25)7-11-26-10-6-16-13-19(27-2)20(28-3)14-18(16)22(26)17-5-4-8-23-15-17/h4-5,8-9,12-15,22H,6-7,10-11H2,1-3H3. The number of nitrogens with zero attached hydrogens (tertiary/aromatic N) is 4. The first-order valence-corrected chi connectivity index (χ1v) is 9.56. The van der Waals surface area contributed by atoms with Crippen molar-refractivity contribution in [3.05, 3.63) is 71.6 Å². The Hall–Kier alpha value is -2.86. The van der Waals surface area contributed by atoms with Crippen LogP contribution in [0.2, 0.25) is 0 Å². The van der Waals surface area contributed by atoms with Gasteiger partial charge in [0.05, 0.1) is 20.3 Å². The lowest BCUT2D eigenvalue weighted by Crippen LogP contribution is -2.37. The molecule has 1 aliphatic heterocycles. The van der Waals surface area contributed by atoms with E-state index in [-0.39, 0.29) is 6.04 Å². The summed E-state index contributed by atoms with van der Waals surface area (Å²) in [5.41, 5.74) is 3.76. The van der Waals surface area contributed by atoms with Crippen LogP contribution in [0.5, 0.6) is 11.5 Å².